The van der Waals surface area contributed by atoms with Gasteiger partial charge in [-0.15, -0.1) is 11.3 Å². The SMILES string of the molecule is N#Cc1c(NC(=O)COC(=O)c2ccc(F)cc2Cl)sc2c1CCCCC2. The summed E-state index contributed by atoms with van der Waals surface area (Å²) in [5, 5.41) is 12.5. The predicted octanol–water partition coefficient (Wildman–Crippen LogP) is 4.48. The number of aryl methyl sites for hydroxylation is 1. The summed E-state index contributed by atoms with van der Waals surface area (Å²) in [7, 11) is 0. The lowest BCUT2D eigenvalue weighted by molar-refractivity contribution is -0.119. The molecule has 1 heterocycles. The summed E-state index contributed by atoms with van der Waals surface area (Å²) >= 11 is 7.21. The summed E-state index contributed by atoms with van der Waals surface area (Å²) in [4.78, 5) is 25.3. The molecule has 1 aromatic heterocycles. The Labute approximate surface area is 164 Å². The summed E-state index contributed by atoms with van der Waals surface area (Å²) in [6.45, 7) is -0.528. The molecule has 27 heavy (non-hydrogen) atoms. The molecule has 5 nitrogen and oxygen atoms in total. The number of thiophene rings is 1. The number of carbonyl (C=O) groups is 2. The maximum absolute atomic E-state index is 13.0. The third-order valence-corrected chi connectivity index (χ3v) is 5.79. The minimum Gasteiger partial charge on any atom is -0.452 e. The number of rotatable bonds is 4. The van der Waals surface area contributed by atoms with Gasteiger partial charge in [-0.05, 0) is 49.4 Å². The number of benzene rings is 1. The molecule has 140 valence electrons. The first-order valence-electron chi connectivity index (χ1n) is 8.46. The number of anilines is 1. The number of nitrogens with one attached hydrogen (secondary N) is 1. The van der Waals surface area contributed by atoms with Gasteiger partial charge in [-0.2, -0.15) is 5.26 Å². The van der Waals surface area contributed by atoms with Crippen molar-refractivity contribution in [1.82, 2.24) is 0 Å². The Bertz CT molecular complexity index is 936. The Morgan fingerprint density at radius 1 is 1.30 bits per heavy atom. The second-order valence-electron chi connectivity index (χ2n) is 6.13. The van der Waals surface area contributed by atoms with Crippen molar-refractivity contribution in [3.05, 3.63) is 50.6 Å². The van der Waals surface area contributed by atoms with E-state index in [0.29, 0.717) is 10.6 Å². The summed E-state index contributed by atoms with van der Waals surface area (Å²) < 4.78 is 18.0. The molecule has 0 unspecified atom stereocenters. The van der Waals surface area contributed by atoms with Gasteiger partial charge in [-0.3, -0.25) is 4.79 Å². The predicted molar refractivity (Wildman–Crippen MR) is 101 cm³/mol. The number of esters is 1. The van der Waals surface area contributed by atoms with Crippen LogP contribution in [-0.2, 0) is 22.4 Å². The first kappa shape index (κ1) is 19.3. The van der Waals surface area contributed by atoms with Crippen LogP contribution in [0.5, 0.6) is 0 Å². The van der Waals surface area contributed by atoms with E-state index in [1.165, 1.54) is 17.4 Å². The van der Waals surface area contributed by atoms with Gasteiger partial charge in [0.2, 0.25) is 0 Å². The van der Waals surface area contributed by atoms with Crippen molar-refractivity contribution in [1.29, 1.82) is 5.26 Å². The van der Waals surface area contributed by atoms with Crippen LogP contribution in [0.4, 0.5) is 9.39 Å². The van der Waals surface area contributed by atoms with E-state index in [1.807, 2.05) is 0 Å². The molecule has 1 aromatic carbocycles. The van der Waals surface area contributed by atoms with Crippen LogP contribution < -0.4 is 5.32 Å². The number of amides is 1. The van der Waals surface area contributed by atoms with Crippen LogP contribution in [0.2, 0.25) is 5.02 Å². The van der Waals surface area contributed by atoms with Crippen molar-refractivity contribution >= 4 is 39.8 Å². The zero-order valence-corrected chi connectivity index (χ0v) is 15.9. The standard InChI is InChI=1S/C19H16ClFN2O3S/c20-15-8-11(21)6-7-13(15)19(25)26-10-17(24)23-18-14(9-22)12-4-2-1-3-5-16(12)27-18/h6-8H,1-5,10H2,(H,23,24). The maximum Gasteiger partial charge on any atom is 0.340 e. The Hall–Kier alpha value is -2.43. The number of ether oxygens (including phenoxy) is 1. The molecule has 0 radical (unpaired) electrons. The van der Waals surface area contributed by atoms with Crippen LogP contribution >= 0.6 is 22.9 Å². The van der Waals surface area contributed by atoms with E-state index in [-0.39, 0.29) is 10.6 Å². The number of hydrogen-bond acceptors (Lipinski definition) is 5. The molecule has 1 aliphatic rings. The maximum atomic E-state index is 13.0. The van der Waals surface area contributed by atoms with Crippen molar-refractivity contribution in [2.24, 2.45) is 0 Å². The molecule has 0 saturated heterocycles. The number of nitrogens with zero attached hydrogens (tertiary/aromatic N) is 1. The third-order valence-electron chi connectivity index (χ3n) is 4.27. The molecule has 0 spiro atoms. The first-order valence-corrected chi connectivity index (χ1v) is 9.65. The van der Waals surface area contributed by atoms with Crippen molar-refractivity contribution in [2.75, 3.05) is 11.9 Å². The number of carbonyl (C=O) groups excluding carboxylic acids is 2. The van der Waals surface area contributed by atoms with E-state index in [2.05, 4.69) is 11.4 Å². The van der Waals surface area contributed by atoms with Crippen molar-refractivity contribution in [3.8, 4) is 6.07 Å². The lowest BCUT2D eigenvalue weighted by Crippen LogP contribution is -2.21. The Morgan fingerprint density at radius 3 is 2.81 bits per heavy atom. The molecule has 1 amide bonds. The van der Waals surface area contributed by atoms with Crippen LogP contribution in [0.15, 0.2) is 18.2 Å². The first-order chi connectivity index (χ1) is 13.0. The van der Waals surface area contributed by atoms with E-state index in [9.17, 15) is 19.2 Å². The number of fused-ring (bicyclic) bond motifs is 1. The molecule has 0 bridgehead atoms. The largest absolute Gasteiger partial charge is 0.452 e. The van der Waals surface area contributed by atoms with Crippen LogP contribution in [0, 0.1) is 17.1 Å². The summed E-state index contributed by atoms with van der Waals surface area (Å²) in [6, 6.07) is 5.45. The quantitative estimate of drug-likeness (QED) is 0.599. The van der Waals surface area contributed by atoms with Gasteiger partial charge in [0.1, 0.15) is 16.9 Å². The summed E-state index contributed by atoms with van der Waals surface area (Å²) in [5.41, 5.74) is 1.50. The number of hydrogen-bond donors (Lipinski definition) is 1. The lowest BCUT2D eigenvalue weighted by atomic mass is 10.1. The zero-order valence-electron chi connectivity index (χ0n) is 14.3. The van der Waals surface area contributed by atoms with Gasteiger partial charge in [-0.1, -0.05) is 18.0 Å². The van der Waals surface area contributed by atoms with E-state index in [4.69, 9.17) is 16.3 Å². The highest BCUT2D eigenvalue weighted by Gasteiger charge is 2.21. The van der Waals surface area contributed by atoms with E-state index < -0.39 is 24.3 Å². The fourth-order valence-corrected chi connectivity index (χ4v) is 4.48. The molecule has 0 saturated carbocycles. The van der Waals surface area contributed by atoms with Gasteiger partial charge in [0, 0.05) is 4.88 Å². The monoisotopic (exact) mass is 406 g/mol. The van der Waals surface area contributed by atoms with Crippen LogP contribution in [0.1, 0.15) is 45.6 Å². The van der Waals surface area contributed by atoms with Crippen LogP contribution in [0.3, 0.4) is 0 Å². The van der Waals surface area contributed by atoms with Gasteiger partial charge in [0.15, 0.2) is 6.61 Å². The zero-order chi connectivity index (χ0) is 19.4. The van der Waals surface area contributed by atoms with Crippen LogP contribution in [0.25, 0.3) is 0 Å². The summed E-state index contributed by atoms with van der Waals surface area (Å²) in [5.74, 6) is -1.94. The molecule has 0 aliphatic heterocycles. The molecular formula is C19H16ClFN2O3S. The van der Waals surface area contributed by atoms with Crippen molar-refractivity contribution in [3.63, 3.8) is 0 Å². The van der Waals surface area contributed by atoms with Crippen LogP contribution in [-0.4, -0.2) is 18.5 Å². The average Bonchev–Trinajstić information content (AvgIpc) is 2.79. The van der Waals surface area contributed by atoms with Gasteiger partial charge >= 0.3 is 5.97 Å². The van der Waals surface area contributed by atoms with E-state index in [1.54, 1.807) is 0 Å². The second kappa shape index (κ2) is 8.51. The highest BCUT2D eigenvalue weighted by Crippen LogP contribution is 2.36. The Morgan fingerprint density at radius 2 is 2.07 bits per heavy atom. The third kappa shape index (κ3) is 4.46. The molecule has 2 aromatic rings. The van der Waals surface area contributed by atoms with Crippen molar-refractivity contribution < 1.29 is 18.7 Å². The smallest absolute Gasteiger partial charge is 0.340 e. The summed E-state index contributed by atoms with van der Waals surface area (Å²) in [6.07, 6.45) is 4.98. The molecule has 3 rings (SSSR count). The highest BCUT2D eigenvalue weighted by molar-refractivity contribution is 7.16. The Balaban J connectivity index is 1.64. The molecular weight excluding hydrogens is 391 g/mol. The fraction of sp³-hybridized carbons (Fsp3) is 0.316. The second-order valence-corrected chi connectivity index (χ2v) is 7.64. The van der Waals surface area contributed by atoms with Gasteiger partial charge < -0.3 is 10.1 Å². The van der Waals surface area contributed by atoms with E-state index >= 15 is 0 Å². The number of halogens is 2. The fourth-order valence-electron chi connectivity index (χ4n) is 2.98. The normalized spacial score (nSPS) is 13.2. The molecule has 0 fully saturated rings. The molecule has 8 heteroatoms. The minimum atomic E-state index is -0.822. The molecule has 1 aliphatic carbocycles. The van der Waals surface area contributed by atoms with Gasteiger partial charge in [-0.25, -0.2) is 9.18 Å². The molecule has 0 atom stereocenters. The van der Waals surface area contributed by atoms with Gasteiger partial charge in [0.25, 0.3) is 5.91 Å². The van der Waals surface area contributed by atoms with Gasteiger partial charge in [0.05, 0.1) is 16.1 Å². The van der Waals surface area contributed by atoms with E-state index in [0.717, 1.165) is 54.7 Å². The highest BCUT2D eigenvalue weighted by atomic mass is 35.5. The minimum absolute atomic E-state index is 0.0218. The average molecular weight is 407 g/mol. The number of nitriles is 1. The lowest BCUT2D eigenvalue weighted by Gasteiger charge is -2.07. The molecule has 1 N–H and O–H groups in total. The Kier molecular flexibility index (Phi) is 6.09. The topological polar surface area (TPSA) is 79.2 Å². The van der Waals surface area contributed by atoms with Crippen molar-refractivity contribution in [2.45, 2.75) is 32.1 Å².